The average molecular weight is 433 g/mol. The monoisotopic (exact) mass is 432 g/mol. The first kappa shape index (κ1) is 22.3. The predicted molar refractivity (Wildman–Crippen MR) is 115 cm³/mol. The van der Waals surface area contributed by atoms with Gasteiger partial charge in [0.25, 0.3) is 0 Å². The van der Waals surface area contributed by atoms with Gasteiger partial charge in [0.1, 0.15) is 17.5 Å². The lowest BCUT2D eigenvalue weighted by molar-refractivity contribution is -0.212. The minimum Gasteiger partial charge on any atom is -0.352 e. The largest absolute Gasteiger partial charge is 0.352 e. The number of hydrogen-bond acceptors (Lipinski definition) is 2. The molecule has 2 aromatic carbocycles. The van der Waals surface area contributed by atoms with Crippen LogP contribution in [0.1, 0.15) is 50.2 Å². The minimum atomic E-state index is -0.675. The maximum atomic E-state index is 14.6. The van der Waals surface area contributed by atoms with E-state index in [2.05, 4.69) is 6.92 Å². The predicted octanol–water partition coefficient (Wildman–Crippen LogP) is 6.83. The Morgan fingerprint density at radius 1 is 0.839 bits per heavy atom. The summed E-state index contributed by atoms with van der Waals surface area (Å²) in [7, 11) is 0. The van der Waals surface area contributed by atoms with E-state index in [-0.39, 0.29) is 23.0 Å². The Balaban J connectivity index is 1.30. The molecule has 0 aromatic heterocycles. The van der Waals surface area contributed by atoms with Crippen LogP contribution in [0.3, 0.4) is 0 Å². The molecule has 0 atom stereocenters. The second-order valence-electron chi connectivity index (χ2n) is 9.29. The van der Waals surface area contributed by atoms with Gasteiger partial charge >= 0.3 is 0 Å². The van der Waals surface area contributed by atoms with Gasteiger partial charge in [-0.3, -0.25) is 0 Å². The van der Waals surface area contributed by atoms with Crippen LogP contribution in [-0.2, 0) is 15.9 Å². The molecule has 31 heavy (non-hydrogen) atoms. The molecule has 2 aromatic rings. The molecule has 0 spiro atoms. The molecule has 2 nitrogen and oxygen atoms in total. The van der Waals surface area contributed by atoms with Crippen molar-refractivity contribution in [2.45, 2.75) is 58.7 Å². The second-order valence-corrected chi connectivity index (χ2v) is 9.29. The average Bonchev–Trinajstić information content (AvgIpc) is 2.77. The molecule has 4 rings (SSSR count). The molecule has 0 radical (unpaired) electrons. The van der Waals surface area contributed by atoms with Gasteiger partial charge in [-0.1, -0.05) is 31.9 Å². The summed E-state index contributed by atoms with van der Waals surface area (Å²) >= 11 is 0. The molecule has 0 amide bonds. The fourth-order valence-corrected chi connectivity index (χ4v) is 4.79. The standard InChI is InChI=1S/C26H31F3O2/c1-16-3-7-19(8-4-16)21-14-30-26(31-15-21)10-6-18-5-9-22(25(29)11-18)20-12-23(27)17(2)24(28)13-20/h5,9,11-13,16,19,21,26H,3-4,6-8,10,14-15H2,1-2H3. The van der Waals surface area contributed by atoms with E-state index in [1.807, 2.05) is 0 Å². The molecule has 0 bridgehead atoms. The van der Waals surface area contributed by atoms with Crippen LogP contribution in [0.15, 0.2) is 30.3 Å². The highest BCUT2D eigenvalue weighted by Crippen LogP contribution is 2.35. The Labute approximate surface area is 182 Å². The Morgan fingerprint density at radius 3 is 2.10 bits per heavy atom. The summed E-state index contributed by atoms with van der Waals surface area (Å²) in [6, 6.07) is 7.15. The Bertz CT molecular complexity index is 875. The normalized spacial score (nSPS) is 26.7. The van der Waals surface area contributed by atoms with E-state index in [1.54, 1.807) is 12.1 Å². The molecule has 1 aliphatic carbocycles. The summed E-state index contributed by atoms with van der Waals surface area (Å²) in [5, 5.41) is 0. The van der Waals surface area contributed by atoms with E-state index in [1.165, 1.54) is 50.8 Å². The first-order valence-electron chi connectivity index (χ1n) is 11.4. The van der Waals surface area contributed by atoms with E-state index in [9.17, 15) is 13.2 Å². The molecular formula is C26H31F3O2. The SMILES string of the molecule is Cc1c(F)cc(-c2ccc(CCC3OCC(C4CCC(C)CC4)CO3)cc2F)cc1F. The van der Waals surface area contributed by atoms with Crippen molar-refractivity contribution in [1.29, 1.82) is 0 Å². The van der Waals surface area contributed by atoms with Gasteiger partial charge in [0.05, 0.1) is 13.2 Å². The first-order valence-corrected chi connectivity index (χ1v) is 11.4. The van der Waals surface area contributed by atoms with E-state index in [4.69, 9.17) is 9.47 Å². The van der Waals surface area contributed by atoms with Gasteiger partial charge in [-0.2, -0.15) is 0 Å². The summed E-state index contributed by atoms with van der Waals surface area (Å²) in [6.45, 7) is 5.16. The highest BCUT2D eigenvalue weighted by molar-refractivity contribution is 5.65. The molecular weight excluding hydrogens is 401 g/mol. The number of aryl methyl sites for hydroxylation is 1. The van der Waals surface area contributed by atoms with Crippen LogP contribution in [0.25, 0.3) is 11.1 Å². The molecule has 5 heteroatoms. The van der Waals surface area contributed by atoms with Crippen molar-refractivity contribution in [2.24, 2.45) is 17.8 Å². The summed E-state index contributed by atoms with van der Waals surface area (Å²) in [5.41, 5.74) is 1.14. The summed E-state index contributed by atoms with van der Waals surface area (Å²) in [5.74, 6) is 0.186. The Hall–Kier alpha value is -1.85. The summed E-state index contributed by atoms with van der Waals surface area (Å²) in [6.07, 6.45) is 6.14. The topological polar surface area (TPSA) is 18.5 Å². The van der Waals surface area contributed by atoms with Crippen molar-refractivity contribution in [3.8, 4) is 11.1 Å². The van der Waals surface area contributed by atoms with Gasteiger partial charge in [-0.05, 0) is 67.3 Å². The third-order valence-corrected chi connectivity index (χ3v) is 7.01. The maximum absolute atomic E-state index is 14.6. The van der Waals surface area contributed by atoms with Gasteiger partial charge in [0.2, 0.25) is 0 Å². The zero-order valence-corrected chi connectivity index (χ0v) is 18.3. The van der Waals surface area contributed by atoms with Gasteiger partial charge in [0, 0.05) is 23.5 Å². The van der Waals surface area contributed by atoms with Gasteiger partial charge in [-0.25, -0.2) is 13.2 Å². The maximum Gasteiger partial charge on any atom is 0.157 e. The van der Waals surface area contributed by atoms with Gasteiger partial charge in [0.15, 0.2) is 6.29 Å². The molecule has 2 aliphatic rings. The van der Waals surface area contributed by atoms with E-state index in [0.717, 1.165) is 24.7 Å². The highest BCUT2D eigenvalue weighted by Gasteiger charge is 2.31. The lowest BCUT2D eigenvalue weighted by Crippen LogP contribution is -2.37. The third-order valence-electron chi connectivity index (χ3n) is 7.01. The van der Waals surface area contributed by atoms with Crippen LogP contribution in [0.4, 0.5) is 13.2 Å². The quantitative estimate of drug-likeness (QED) is 0.516. The first-order chi connectivity index (χ1) is 14.9. The van der Waals surface area contributed by atoms with Crippen LogP contribution in [0, 0.1) is 42.1 Å². The van der Waals surface area contributed by atoms with Gasteiger partial charge in [-0.15, -0.1) is 0 Å². The van der Waals surface area contributed by atoms with Crippen molar-refractivity contribution >= 4 is 0 Å². The molecule has 0 unspecified atom stereocenters. The lowest BCUT2D eigenvalue weighted by atomic mass is 9.76. The smallest absolute Gasteiger partial charge is 0.157 e. The molecule has 1 heterocycles. The number of ether oxygens (including phenoxy) is 2. The zero-order chi connectivity index (χ0) is 22.0. The van der Waals surface area contributed by atoms with Crippen molar-refractivity contribution < 1.29 is 22.6 Å². The fourth-order valence-electron chi connectivity index (χ4n) is 4.79. The van der Waals surface area contributed by atoms with E-state index in [0.29, 0.717) is 24.7 Å². The zero-order valence-electron chi connectivity index (χ0n) is 18.3. The number of hydrogen-bond donors (Lipinski definition) is 0. The fraction of sp³-hybridized carbons (Fsp3) is 0.538. The highest BCUT2D eigenvalue weighted by atomic mass is 19.1. The molecule has 168 valence electrons. The Kier molecular flexibility index (Phi) is 7.02. The number of rotatable bonds is 5. The van der Waals surface area contributed by atoms with Crippen molar-refractivity contribution in [3.05, 3.63) is 58.9 Å². The summed E-state index contributed by atoms with van der Waals surface area (Å²) < 4.78 is 54.2. The number of halogens is 3. The molecule has 1 saturated heterocycles. The van der Waals surface area contributed by atoms with Crippen molar-refractivity contribution in [2.75, 3.05) is 13.2 Å². The van der Waals surface area contributed by atoms with Gasteiger partial charge < -0.3 is 9.47 Å². The van der Waals surface area contributed by atoms with Crippen LogP contribution in [0.5, 0.6) is 0 Å². The van der Waals surface area contributed by atoms with E-state index >= 15 is 0 Å². The molecule has 1 saturated carbocycles. The number of benzene rings is 2. The van der Waals surface area contributed by atoms with Crippen LogP contribution in [-0.4, -0.2) is 19.5 Å². The van der Waals surface area contributed by atoms with Crippen molar-refractivity contribution in [3.63, 3.8) is 0 Å². The minimum absolute atomic E-state index is 0.0615. The molecule has 0 N–H and O–H groups in total. The van der Waals surface area contributed by atoms with Crippen LogP contribution >= 0.6 is 0 Å². The van der Waals surface area contributed by atoms with E-state index < -0.39 is 17.5 Å². The Morgan fingerprint density at radius 2 is 1.48 bits per heavy atom. The second kappa shape index (κ2) is 9.74. The van der Waals surface area contributed by atoms with Crippen LogP contribution < -0.4 is 0 Å². The van der Waals surface area contributed by atoms with Crippen LogP contribution in [0.2, 0.25) is 0 Å². The molecule has 2 fully saturated rings. The third kappa shape index (κ3) is 5.32. The lowest BCUT2D eigenvalue weighted by Gasteiger charge is -2.37. The summed E-state index contributed by atoms with van der Waals surface area (Å²) in [4.78, 5) is 0. The van der Waals surface area contributed by atoms with Crippen molar-refractivity contribution in [1.82, 2.24) is 0 Å². The molecule has 1 aliphatic heterocycles.